The number of pyridine rings is 1. The third kappa shape index (κ3) is 7.52. The molecule has 1 saturated heterocycles. The summed E-state index contributed by atoms with van der Waals surface area (Å²) in [6.45, 7) is 13.1. The smallest absolute Gasteiger partial charge is 0.259 e. The minimum Gasteiger partial charge on any atom is -0.369 e. The lowest BCUT2D eigenvalue weighted by molar-refractivity contribution is 0.102. The number of rotatable bonds is 8. The lowest BCUT2D eigenvalue weighted by atomic mass is 9.85. The Morgan fingerprint density at radius 1 is 1.17 bits per heavy atom. The average Bonchev–Trinajstić information content (AvgIpc) is 2.83. The van der Waals surface area contributed by atoms with E-state index in [1.807, 2.05) is 31.2 Å². The van der Waals surface area contributed by atoms with Gasteiger partial charge < -0.3 is 20.4 Å². The number of nitrogens with one attached hydrogen (secondary N) is 2. The zero-order chi connectivity index (χ0) is 25.3. The largest absolute Gasteiger partial charge is 0.369 e. The average molecular weight is 475 g/mol. The molecule has 2 N–H and O–H groups in total. The van der Waals surface area contributed by atoms with E-state index in [-0.39, 0.29) is 11.3 Å². The van der Waals surface area contributed by atoms with E-state index >= 15 is 0 Å². The lowest BCUT2D eigenvalue weighted by Gasteiger charge is -2.37. The summed E-state index contributed by atoms with van der Waals surface area (Å²) in [5.74, 6) is 0.359. The van der Waals surface area contributed by atoms with Crippen molar-refractivity contribution in [3.63, 3.8) is 0 Å². The van der Waals surface area contributed by atoms with Crippen LogP contribution in [0.2, 0.25) is 0 Å². The van der Waals surface area contributed by atoms with Gasteiger partial charge in [0, 0.05) is 62.7 Å². The first kappa shape index (κ1) is 26.2. The molecule has 35 heavy (non-hydrogen) atoms. The van der Waals surface area contributed by atoms with Gasteiger partial charge in [-0.15, -0.1) is 0 Å². The molecule has 0 aliphatic carbocycles. The van der Waals surface area contributed by atoms with E-state index in [9.17, 15) is 4.79 Å². The number of allylic oxidation sites excluding steroid dienone is 2. The van der Waals surface area contributed by atoms with Crippen LogP contribution in [0.5, 0.6) is 0 Å². The number of anilines is 3. The summed E-state index contributed by atoms with van der Waals surface area (Å²) in [6.07, 6.45) is 10.8. The summed E-state index contributed by atoms with van der Waals surface area (Å²) < 4.78 is 0. The van der Waals surface area contributed by atoms with Crippen molar-refractivity contribution in [2.24, 2.45) is 4.99 Å². The number of carbonyl (C=O) groups excluding carboxylic acids is 1. The van der Waals surface area contributed by atoms with Crippen molar-refractivity contribution in [2.45, 2.75) is 33.1 Å². The molecule has 7 heteroatoms. The second-order valence-electron chi connectivity index (χ2n) is 9.72. The van der Waals surface area contributed by atoms with Gasteiger partial charge in [0.25, 0.3) is 5.91 Å². The Hall–Kier alpha value is -3.45. The Bertz CT molecular complexity index is 1080. The van der Waals surface area contributed by atoms with E-state index in [2.05, 4.69) is 70.4 Å². The Labute approximate surface area is 209 Å². The molecule has 1 amide bonds. The normalized spacial score (nSPS) is 15.4. The molecular weight excluding hydrogens is 436 g/mol. The van der Waals surface area contributed by atoms with Crippen molar-refractivity contribution in [3.8, 4) is 0 Å². The number of benzene rings is 1. The number of hydrogen-bond acceptors (Lipinski definition) is 6. The Morgan fingerprint density at radius 2 is 1.94 bits per heavy atom. The van der Waals surface area contributed by atoms with Crippen molar-refractivity contribution in [3.05, 3.63) is 72.1 Å². The molecule has 0 unspecified atom stereocenters. The van der Waals surface area contributed by atoms with Gasteiger partial charge in [-0.1, -0.05) is 39.0 Å². The van der Waals surface area contributed by atoms with Crippen molar-refractivity contribution >= 4 is 29.3 Å². The number of likely N-dealkylation sites (N-methyl/N-ethyl adjacent to an activating group) is 1. The fraction of sp³-hybridized carbons (Fsp3) is 0.393. The number of nitrogens with zero attached hydrogens (tertiary/aromatic N) is 4. The predicted octanol–water partition coefficient (Wildman–Crippen LogP) is 4.96. The van der Waals surface area contributed by atoms with Gasteiger partial charge in [0.05, 0.1) is 5.56 Å². The molecule has 1 aliphatic heterocycles. The molecule has 0 atom stereocenters. The van der Waals surface area contributed by atoms with Crippen LogP contribution in [-0.4, -0.2) is 61.8 Å². The highest BCUT2D eigenvalue weighted by Gasteiger charge is 2.24. The van der Waals surface area contributed by atoms with Crippen LogP contribution in [0.3, 0.4) is 0 Å². The molecule has 7 nitrogen and oxygen atoms in total. The van der Waals surface area contributed by atoms with Crippen molar-refractivity contribution < 1.29 is 4.79 Å². The first-order valence-corrected chi connectivity index (χ1v) is 12.2. The molecule has 3 rings (SSSR count). The van der Waals surface area contributed by atoms with Crippen LogP contribution in [0, 0.1) is 0 Å². The van der Waals surface area contributed by atoms with Gasteiger partial charge in [-0.05, 0) is 55.3 Å². The standard InChI is InChI=1S/C28H38N6O/c1-6-13-29-14-7-8-15-30-26-23(10-9-16-31-26)27(35)32-22-11-12-24(28(2,3)4)25(21-22)34-19-17-33(5)18-20-34/h6-14,16,21H,15,17-20H2,1-5H3,(H,30,31)(H,32,35)/b8-7+,13-6-,29-14-. The molecular formula is C28H38N6O. The summed E-state index contributed by atoms with van der Waals surface area (Å²) >= 11 is 0. The first-order valence-electron chi connectivity index (χ1n) is 12.2. The molecule has 0 spiro atoms. The maximum atomic E-state index is 13.2. The van der Waals surface area contributed by atoms with E-state index in [4.69, 9.17) is 0 Å². The molecule has 1 aromatic heterocycles. The molecule has 0 bridgehead atoms. The van der Waals surface area contributed by atoms with Crippen molar-refractivity contribution in [1.82, 2.24) is 9.88 Å². The SMILES string of the molecule is C\C=C/N=C\C=C\CNc1ncccc1C(=O)Nc1ccc(C(C)(C)C)c(N2CCN(C)CC2)c1. The maximum Gasteiger partial charge on any atom is 0.259 e. The summed E-state index contributed by atoms with van der Waals surface area (Å²) in [5, 5.41) is 6.30. The number of hydrogen-bond donors (Lipinski definition) is 2. The first-order chi connectivity index (χ1) is 16.8. The van der Waals surface area contributed by atoms with Gasteiger partial charge in [0.15, 0.2) is 0 Å². The number of piperazine rings is 1. The second-order valence-corrected chi connectivity index (χ2v) is 9.72. The summed E-state index contributed by atoms with van der Waals surface area (Å²) in [6, 6.07) is 9.81. The highest BCUT2D eigenvalue weighted by molar-refractivity contribution is 6.07. The molecule has 2 heterocycles. The molecule has 0 radical (unpaired) electrons. The summed E-state index contributed by atoms with van der Waals surface area (Å²) in [4.78, 5) is 26.4. The van der Waals surface area contributed by atoms with Gasteiger partial charge >= 0.3 is 0 Å². The predicted molar refractivity (Wildman–Crippen MR) is 148 cm³/mol. The summed E-state index contributed by atoms with van der Waals surface area (Å²) in [5.41, 5.74) is 3.77. The molecule has 0 saturated carbocycles. The third-order valence-corrected chi connectivity index (χ3v) is 5.89. The van der Waals surface area contributed by atoms with Crippen LogP contribution in [0.25, 0.3) is 0 Å². The topological polar surface area (TPSA) is 72.9 Å². The van der Waals surface area contributed by atoms with Crippen LogP contribution >= 0.6 is 0 Å². The van der Waals surface area contributed by atoms with Crippen LogP contribution in [0.1, 0.15) is 43.6 Å². The molecule has 1 aromatic carbocycles. The number of aliphatic imine (C=N–C) groups is 1. The quantitative estimate of drug-likeness (QED) is 0.530. The Balaban J connectivity index is 1.76. The van der Waals surface area contributed by atoms with Crippen molar-refractivity contribution in [1.29, 1.82) is 0 Å². The van der Waals surface area contributed by atoms with Crippen molar-refractivity contribution in [2.75, 3.05) is 55.3 Å². The maximum absolute atomic E-state index is 13.2. The van der Waals surface area contributed by atoms with Gasteiger partial charge in [-0.2, -0.15) is 0 Å². The van der Waals surface area contributed by atoms with E-state index < -0.39 is 0 Å². The number of amides is 1. The van der Waals surface area contributed by atoms with Crippen LogP contribution in [-0.2, 0) is 5.41 Å². The molecule has 186 valence electrons. The van der Waals surface area contributed by atoms with E-state index in [1.165, 1.54) is 11.3 Å². The molecule has 1 aliphatic rings. The summed E-state index contributed by atoms with van der Waals surface area (Å²) in [7, 11) is 2.16. The van der Waals surface area contributed by atoms with E-state index in [0.717, 1.165) is 31.9 Å². The fourth-order valence-corrected chi connectivity index (χ4v) is 3.95. The highest BCUT2D eigenvalue weighted by atomic mass is 16.1. The lowest BCUT2D eigenvalue weighted by Crippen LogP contribution is -2.45. The monoisotopic (exact) mass is 474 g/mol. The fourth-order valence-electron chi connectivity index (χ4n) is 3.95. The highest BCUT2D eigenvalue weighted by Crippen LogP contribution is 2.35. The zero-order valence-electron chi connectivity index (χ0n) is 21.6. The van der Waals surface area contributed by atoms with Crippen LogP contribution in [0.15, 0.2) is 65.9 Å². The van der Waals surface area contributed by atoms with Gasteiger partial charge in [0.2, 0.25) is 0 Å². The second kappa shape index (κ2) is 12.3. The van der Waals surface area contributed by atoms with Gasteiger partial charge in [-0.25, -0.2) is 4.98 Å². The number of aromatic nitrogens is 1. The minimum absolute atomic E-state index is 0.00666. The van der Waals surface area contributed by atoms with Gasteiger partial charge in [0.1, 0.15) is 5.82 Å². The molecule has 2 aromatic rings. The van der Waals surface area contributed by atoms with Crippen LogP contribution in [0.4, 0.5) is 17.2 Å². The Kier molecular flexibility index (Phi) is 9.20. The third-order valence-electron chi connectivity index (χ3n) is 5.89. The molecule has 1 fully saturated rings. The Morgan fingerprint density at radius 3 is 2.66 bits per heavy atom. The van der Waals surface area contributed by atoms with Crippen LogP contribution < -0.4 is 15.5 Å². The van der Waals surface area contributed by atoms with E-state index in [0.29, 0.717) is 17.9 Å². The zero-order valence-corrected chi connectivity index (χ0v) is 21.6. The van der Waals surface area contributed by atoms with E-state index in [1.54, 1.807) is 30.7 Å². The number of carbonyl (C=O) groups is 1. The minimum atomic E-state index is -0.188. The van der Waals surface area contributed by atoms with Gasteiger partial charge in [-0.3, -0.25) is 9.79 Å².